The quantitative estimate of drug-likeness (QED) is 0.272. The van der Waals surface area contributed by atoms with Crippen LogP contribution in [0.15, 0.2) is 24.3 Å². The van der Waals surface area contributed by atoms with Gasteiger partial charge in [0.15, 0.2) is 0 Å². The minimum absolute atomic E-state index is 0.00101. The zero-order chi connectivity index (χ0) is 22.3. The minimum Gasteiger partial charge on any atom is -0.496 e. The van der Waals surface area contributed by atoms with Gasteiger partial charge in [-0.3, -0.25) is 4.79 Å². The number of ether oxygens (including phenoxy) is 1. The van der Waals surface area contributed by atoms with E-state index in [0.717, 1.165) is 31.1 Å². The van der Waals surface area contributed by atoms with Crippen molar-refractivity contribution in [1.82, 2.24) is 15.1 Å². The highest BCUT2D eigenvalue weighted by molar-refractivity contribution is 7.81. The number of para-hydroxylation sites is 1. The molecule has 7 heteroatoms. The number of carbonyl (C=O) groups is 1. The molecule has 1 aromatic rings. The lowest BCUT2D eigenvalue weighted by atomic mass is 9.88. The van der Waals surface area contributed by atoms with Crippen molar-refractivity contribution < 1.29 is 9.53 Å². The molecule has 0 saturated carbocycles. The van der Waals surface area contributed by atoms with Gasteiger partial charge >= 0.3 is 0 Å². The van der Waals surface area contributed by atoms with Gasteiger partial charge in [0.25, 0.3) is 0 Å². The van der Waals surface area contributed by atoms with E-state index in [4.69, 9.17) is 4.74 Å². The molecule has 0 radical (unpaired) electrons. The third-order valence-corrected chi connectivity index (χ3v) is 6.66. The first-order valence-electron chi connectivity index (χ1n) is 11.7. The van der Waals surface area contributed by atoms with Crippen LogP contribution in [0.1, 0.15) is 50.0 Å². The van der Waals surface area contributed by atoms with Gasteiger partial charge in [0, 0.05) is 25.4 Å². The highest BCUT2D eigenvalue weighted by atomic mass is 32.1. The molecule has 0 spiro atoms. The summed E-state index contributed by atoms with van der Waals surface area (Å²) < 4.78 is 5.55. The smallest absolute Gasteiger partial charge is 0.229 e. The lowest BCUT2D eigenvalue weighted by molar-refractivity contribution is -0.118. The van der Waals surface area contributed by atoms with Gasteiger partial charge in [-0.1, -0.05) is 31.0 Å². The molecule has 1 amide bonds. The number of benzene rings is 1. The van der Waals surface area contributed by atoms with Crippen LogP contribution in [-0.2, 0) is 4.79 Å². The maximum Gasteiger partial charge on any atom is 0.229 e. The number of thiol groups is 2. The minimum atomic E-state index is 0.00101. The fourth-order valence-corrected chi connectivity index (χ4v) is 4.78. The molecule has 1 aliphatic heterocycles. The summed E-state index contributed by atoms with van der Waals surface area (Å²) >= 11 is 8.36. The van der Waals surface area contributed by atoms with E-state index in [-0.39, 0.29) is 11.7 Å². The second-order valence-corrected chi connectivity index (χ2v) is 9.11. The highest BCUT2D eigenvalue weighted by Gasteiger charge is 2.22. The maximum atomic E-state index is 11.3. The number of rotatable bonds is 15. The van der Waals surface area contributed by atoms with Crippen molar-refractivity contribution in [2.75, 3.05) is 64.4 Å². The number of hydrogen-bond donors (Lipinski definition) is 3. The van der Waals surface area contributed by atoms with Crippen molar-refractivity contribution in [3.63, 3.8) is 0 Å². The van der Waals surface area contributed by atoms with Crippen LogP contribution < -0.4 is 10.1 Å². The van der Waals surface area contributed by atoms with Gasteiger partial charge in [-0.25, -0.2) is 0 Å². The van der Waals surface area contributed by atoms with E-state index in [0.29, 0.717) is 12.5 Å². The predicted molar refractivity (Wildman–Crippen MR) is 137 cm³/mol. The molecule has 1 aliphatic rings. The SMILES string of the molecule is COc1ccccc1C1CCN(CCCCCCN(CCS)CCNC(=O)CS)CC1. The Bertz CT molecular complexity index is 625. The van der Waals surface area contributed by atoms with E-state index in [1.807, 2.05) is 0 Å². The largest absolute Gasteiger partial charge is 0.496 e. The molecule has 1 heterocycles. The Labute approximate surface area is 200 Å². The molecule has 1 saturated heterocycles. The van der Waals surface area contributed by atoms with Gasteiger partial charge in [0.2, 0.25) is 5.91 Å². The zero-order valence-electron chi connectivity index (χ0n) is 19.1. The van der Waals surface area contributed by atoms with Crippen molar-refractivity contribution in [1.29, 1.82) is 0 Å². The van der Waals surface area contributed by atoms with Gasteiger partial charge in [0.05, 0.1) is 12.9 Å². The first-order valence-corrected chi connectivity index (χ1v) is 13.0. The van der Waals surface area contributed by atoms with Gasteiger partial charge in [0.1, 0.15) is 5.75 Å². The monoisotopic (exact) mass is 467 g/mol. The molecule has 1 N–H and O–H groups in total. The van der Waals surface area contributed by atoms with Crippen LogP contribution in [0.2, 0.25) is 0 Å². The van der Waals surface area contributed by atoms with E-state index < -0.39 is 0 Å². The second-order valence-electron chi connectivity index (χ2n) is 8.35. The molecule has 1 aromatic carbocycles. The van der Waals surface area contributed by atoms with E-state index in [1.54, 1.807) is 7.11 Å². The van der Waals surface area contributed by atoms with E-state index in [9.17, 15) is 4.79 Å². The predicted octanol–water partition coefficient (Wildman–Crippen LogP) is 3.71. The van der Waals surface area contributed by atoms with Crippen LogP contribution in [0.5, 0.6) is 5.75 Å². The Morgan fingerprint density at radius 3 is 2.55 bits per heavy atom. The number of hydrogen-bond acceptors (Lipinski definition) is 6. The zero-order valence-corrected chi connectivity index (χ0v) is 20.9. The number of methoxy groups -OCH3 is 1. The van der Waals surface area contributed by atoms with E-state index >= 15 is 0 Å². The fraction of sp³-hybridized carbons (Fsp3) is 0.708. The molecule has 31 heavy (non-hydrogen) atoms. The molecule has 1 fully saturated rings. The van der Waals surface area contributed by atoms with Crippen molar-refractivity contribution in [2.45, 2.75) is 44.4 Å². The molecular weight excluding hydrogens is 426 g/mol. The second kappa shape index (κ2) is 15.8. The number of carbonyl (C=O) groups excluding carboxylic acids is 1. The number of nitrogens with one attached hydrogen (secondary N) is 1. The highest BCUT2D eigenvalue weighted by Crippen LogP contribution is 2.33. The lowest BCUT2D eigenvalue weighted by Crippen LogP contribution is -2.37. The fourth-order valence-electron chi connectivity index (χ4n) is 4.38. The van der Waals surface area contributed by atoms with Crippen molar-refractivity contribution in [3.05, 3.63) is 29.8 Å². The Hall–Kier alpha value is -0.890. The first kappa shape index (κ1) is 26.4. The van der Waals surface area contributed by atoms with Crippen LogP contribution >= 0.6 is 25.3 Å². The van der Waals surface area contributed by atoms with Crippen LogP contribution in [0.25, 0.3) is 0 Å². The summed E-state index contributed by atoms with van der Waals surface area (Å²) in [7, 11) is 1.77. The molecule has 0 aliphatic carbocycles. The molecule has 0 aromatic heterocycles. The Morgan fingerprint density at radius 2 is 1.84 bits per heavy atom. The standard InChI is InChI=1S/C24H41N3O2S2/c1-29-23-9-5-4-8-22(23)21-10-15-26(16-11-21)13-6-2-3-7-14-27(18-19-30)17-12-25-24(28)20-31/h4-5,8-9,21,30-31H,2-3,6-7,10-20H2,1H3,(H,25,28). The maximum absolute atomic E-state index is 11.3. The van der Waals surface area contributed by atoms with Gasteiger partial charge < -0.3 is 19.9 Å². The molecule has 0 bridgehead atoms. The number of unbranched alkanes of at least 4 members (excludes halogenated alkanes) is 3. The molecule has 0 unspecified atom stereocenters. The summed E-state index contributed by atoms with van der Waals surface area (Å²) in [5, 5.41) is 2.89. The molecule has 0 atom stereocenters. The lowest BCUT2D eigenvalue weighted by Gasteiger charge is -2.32. The Kier molecular flexibility index (Phi) is 13.5. The number of likely N-dealkylation sites (tertiary alicyclic amines) is 1. The van der Waals surface area contributed by atoms with E-state index in [1.165, 1.54) is 63.7 Å². The number of piperidine rings is 1. The number of nitrogens with zero attached hydrogens (tertiary/aromatic N) is 2. The normalized spacial score (nSPS) is 15.4. The van der Waals surface area contributed by atoms with Gasteiger partial charge in [-0.2, -0.15) is 25.3 Å². The Morgan fingerprint density at radius 1 is 1.10 bits per heavy atom. The summed E-state index contributed by atoms with van der Waals surface area (Å²) in [6.45, 7) is 7.24. The summed E-state index contributed by atoms with van der Waals surface area (Å²) in [6, 6.07) is 8.48. The van der Waals surface area contributed by atoms with Crippen molar-refractivity contribution >= 4 is 31.2 Å². The molecular formula is C24H41N3O2S2. The summed E-state index contributed by atoms with van der Waals surface area (Å²) in [5.41, 5.74) is 1.38. The topological polar surface area (TPSA) is 44.8 Å². The average molecular weight is 468 g/mol. The summed E-state index contributed by atoms with van der Waals surface area (Å²) in [6.07, 6.45) is 7.50. The Balaban J connectivity index is 1.55. The average Bonchev–Trinajstić information content (AvgIpc) is 2.81. The van der Waals surface area contributed by atoms with Crippen LogP contribution in [0.3, 0.4) is 0 Å². The summed E-state index contributed by atoms with van der Waals surface area (Å²) in [5.74, 6) is 2.77. The van der Waals surface area contributed by atoms with Gasteiger partial charge in [-0.15, -0.1) is 0 Å². The van der Waals surface area contributed by atoms with Crippen molar-refractivity contribution in [3.8, 4) is 5.75 Å². The number of amides is 1. The first-order chi connectivity index (χ1) is 15.2. The third-order valence-electron chi connectivity index (χ3n) is 6.18. The van der Waals surface area contributed by atoms with Gasteiger partial charge in [-0.05, 0) is 69.4 Å². The van der Waals surface area contributed by atoms with Crippen LogP contribution in [0, 0.1) is 0 Å². The molecule has 176 valence electrons. The van der Waals surface area contributed by atoms with Crippen molar-refractivity contribution in [2.24, 2.45) is 0 Å². The summed E-state index contributed by atoms with van der Waals surface area (Å²) in [4.78, 5) is 16.3. The van der Waals surface area contributed by atoms with E-state index in [2.05, 4.69) is 64.6 Å². The van der Waals surface area contributed by atoms with Crippen LogP contribution in [0.4, 0.5) is 0 Å². The van der Waals surface area contributed by atoms with Crippen LogP contribution in [-0.4, -0.2) is 80.1 Å². The third kappa shape index (κ3) is 10.1. The molecule has 5 nitrogen and oxygen atoms in total. The molecule has 2 rings (SSSR count).